The Morgan fingerprint density at radius 1 is 1.70 bits per heavy atom. The number of aldehydes is 1. The van der Waals surface area contributed by atoms with Gasteiger partial charge in [0.25, 0.3) is 0 Å². The van der Waals surface area contributed by atoms with Gasteiger partial charge in [-0.1, -0.05) is 11.3 Å². The number of thiophene rings is 1. The fourth-order valence-electron chi connectivity index (χ4n) is 0.618. The predicted octanol–water partition coefficient (Wildman–Crippen LogP) is 1.96. The van der Waals surface area contributed by atoms with Gasteiger partial charge in [-0.2, -0.15) is 0 Å². The molecular formula is C7H8O2S. The molecule has 2 nitrogen and oxygen atoms in total. The van der Waals surface area contributed by atoms with Crippen molar-refractivity contribution in [1.29, 1.82) is 0 Å². The van der Waals surface area contributed by atoms with Crippen LogP contribution in [0.1, 0.15) is 16.6 Å². The van der Waals surface area contributed by atoms with Gasteiger partial charge in [-0.25, -0.2) is 0 Å². The molecule has 1 aromatic rings. The molecule has 0 spiro atoms. The normalized spacial score (nSPS) is 9.30. The second kappa shape index (κ2) is 3.37. The SMILES string of the molecule is CCOc1ccc(C=O)s1. The van der Waals surface area contributed by atoms with Crippen molar-refractivity contribution in [2.75, 3.05) is 6.61 Å². The predicted molar refractivity (Wildman–Crippen MR) is 40.9 cm³/mol. The summed E-state index contributed by atoms with van der Waals surface area (Å²) < 4.78 is 5.15. The highest BCUT2D eigenvalue weighted by Crippen LogP contribution is 2.22. The molecule has 0 saturated heterocycles. The largest absolute Gasteiger partial charge is 0.484 e. The zero-order chi connectivity index (χ0) is 7.40. The lowest BCUT2D eigenvalue weighted by Crippen LogP contribution is -1.86. The first-order chi connectivity index (χ1) is 4.86. The van der Waals surface area contributed by atoms with E-state index in [1.165, 1.54) is 11.3 Å². The van der Waals surface area contributed by atoms with Gasteiger partial charge in [0.2, 0.25) is 0 Å². The van der Waals surface area contributed by atoms with Crippen LogP contribution in [-0.4, -0.2) is 12.9 Å². The van der Waals surface area contributed by atoms with Crippen LogP contribution in [0.15, 0.2) is 12.1 Å². The first kappa shape index (κ1) is 7.28. The number of carbonyl (C=O) groups is 1. The molecule has 0 saturated carbocycles. The monoisotopic (exact) mass is 156 g/mol. The minimum Gasteiger partial charge on any atom is -0.484 e. The van der Waals surface area contributed by atoms with E-state index < -0.39 is 0 Å². The summed E-state index contributed by atoms with van der Waals surface area (Å²) in [4.78, 5) is 10.9. The standard InChI is InChI=1S/C7H8O2S/c1-2-9-7-4-3-6(5-8)10-7/h3-5H,2H2,1H3. The van der Waals surface area contributed by atoms with Gasteiger partial charge in [-0.05, 0) is 19.1 Å². The van der Waals surface area contributed by atoms with Crippen molar-refractivity contribution in [1.82, 2.24) is 0 Å². The van der Waals surface area contributed by atoms with Crippen molar-refractivity contribution >= 4 is 17.6 Å². The van der Waals surface area contributed by atoms with E-state index in [1.54, 1.807) is 12.1 Å². The van der Waals surface area contributed by atoms with E-state index >= 15 is 0 Å². The van der Waals surface area contributed by atoms with E-state index in [1.807, 2.05) is 6.92 Å². The molecule has 0 fully saturated rings. The third-order valence-corrected chi connectivity index (χ3v) is 1.93. The highest BCUT2D eigenvalue weighted by molar-refractivity contribution is 7.15. The first-order valence-electron chi connectivity index (χ1n) is 3.04. The molecule has 54 valence electrons. The third kappa shape index (κ3) is 1.57. The Morgan fingerprint density at radius 2 is 2.50 bits per heavy atom. The van der Waals surface area contributed by atoms with Crippen LogP contribution in [0.4, 0.5) is 0 Å². The number of ether oxygens (including phenoxy) is 1. The second-order valence-electron chi connectivity index (χ2n) is 1.71. The first-order valence-corrected chi connectivity index (χ1v) is 3.86. The summed E-state index contributed by atoms with van der Waals surface area (Å²) in [6.07, 6.45) is 0.827. The Labute approximate surface area is 63.4 Å². The highest BCUT2D eigenvalue weighted by Gasteiger charge is 1.96. The smallest absolute Gasteiger partial charge is 0.174 e. The summed E-state index contributed by atoms with van der Waals surface area (Å²) in [5, 5.41) is 0.810. The molecule has 10 heavy (non-hydrogen) atoms. The summed E-state index contributed by atoms with van der Waals surface area (Å²) in [6, 6.07) is 3.56. The van der Waals surface area contributed by atoms with Gasteiger partial charge in [0.05, 0.1) is 11.5 Å². The van der Waals surface area contributed by atoms with Gasteiger partial charge >= 0.3 is 0 Å². The molecule has 0 aliphatic rings. The average Bonchev–Trinajstić information content (AvgIpc) is 2.37. The van der Waals surface area contributed by atoms with Crippen LogP contribution in [0.5, 0.6) is 5.06 Å². The van der Waals surface area contributed by atoms with E-state index in [2.05, 4.69) is 0 Å². The van der Waals surface area contributed by atoms with Crippen molar-refractivity contribution in [3.8, 4) is 5.06 Å². The maximum absolute atomic E-state index is 10.2. The Morgan fingerprint density at radius 3 is 3.00 bits per heavy atom. The van der Waals surface area contributed by atoms with Crippen molar-refractivity contribution in [3.05, 3.63) is 17.0 Å². The van der Waals surface area contributed by atoms with Crippen LogP contribution in [0.25, 0.3) is 0 Å². The Balaban J connectivity index is 2.68. The molecule has 0 aromatic carbocycles. The van der Waals surface area contributed by atoms with Gasteiger partial charge in [0.1, 0.15) is 0 Å². The average molecular weight is 156 g/mol. The lowest BCUT2D eigenvalue weighted by molar-refractivity contribution is 0.112. The van der Waals surface area contributed by atoms with Crippen LogP contribution in [0.2, 0.25) is 0 Å². The minimum absolute atomic E-state index is 0.652. The van der Waals surface area contributed by atoms with Crippen LogP contribution in [0.3, 0.4) is 0 Å². The van der Waals surface area contributed by atoms with Crippen LogP contribution in [0, 0.1) is 0 Å². The molecule has 0 aliphatic carbocycles. The van der Waals surface area contributed by atoms with E-state index in [4.69, 9.17) is 4.74 Å². The molecule has 0 unspecified atom stereocenters. The Kier molecular flexibility index (Phi) is 2.45. The van der Waals surface area contributed by atoms with Crippen LogP contribution < -0.4 is 4.74 Å². The van der Waals surface area contributed by atoms with E-state index in [0.717, 1.165) is 11.3 Å². The Bertz CT molecular complexity index is 217. The molecule has 0 atom stereocenters. The molecular weight excluding hydrogens is 148 g/mol. The summed E-state index contributed by atoms with van der Waals surface area (Å²) in [5.74, 6) is 0. The second-order valence-corrected chi connectivity index (χ2v) is 2.79. The van der Waals surface area contributed by atoms with Gasteiger partial charge < -0.3 is 4.74 Å². The van der Waals surface area contributed by atoms with Crippen molar-refractivity contribution < 1.29 is 9.53 Å². The molecule has 1 rings (SSSR count). The summed E-state index contributed by atoms with van der Waals surface area (Å²) in [7, 11) is 0. The zero-order valence-corrected chi connectivity index (χ0v) is 6.48. The maximum atomic E-state index is 10.2. The molecule has 0 aliphatic heterocycles. The van der Waals surface area contributed by atoms with E-state index in [0.29, 0.717) is 11.5 Å². The van der Waals surface area contributed by atoms with Crippen molar-refractivity contribution in [2.24, 2.45) is 0 Å². The number of hydrogen-bond donors (Lipinski definition) is 0. The van der Waals surface area contributed by atoms with Crippen LogP contribution in [-0.2, 0) is 0 Å². The molecule has 0 N–H and O–H groups in total. The van der Waals surface area contributed by atoms with Gasteiger partial charge in [-0.3, -0.25) is 4.79 Å². The van der Waals surface area contributed by atoms with Crippen LogP contribution >= 0.6 is 11.3 Å². The fraction of sp³-hybridized carbons (Fsp3) is 0.286. The molecule has 3 heteroatoms. The minimum atomic E-state index is 0.652. The fourth-order valence-corrected chi connectivity index (χ4v) is 1.35. The van der Waals surface area contributed by atoms with E-state index in [9.17, 15) is 4.79 Å². The molecule has 1 heterocycles. The molecule has 0 bridgehead atoms. The van der Waals surface area contributed by atoms with E-state index in [-0.39, 0.29) is 0 Å². The summed E-state index contributed by atoms with van der Waals surface area (Å²) >= 11 is 1.37. The Hall–Kier alpha value is -0.830. The lowest BCUT2D eigenvalue weighted by Gasteiger charge is -1.94. The van der Waals surface area contributed by atoms with Gasteiger partial charge in [0.15, 0.2) is 11.3 Å². The summed E-state index contributed by atoms with van der Waals surface area (Å²) in [5.41, 5.74) is 0. The molecule has 1 aromatic heterocycles. The molecule has 0 radical (unpaired) electrons. The number of rotatable bonds is 3. The van der Waals surface area contributed by atoms with Crippen molar-refractivity contribution in [2.45, 2.75) is 6.92 Å². The highest BCUT2D eigenvalue weighted by atomic mass is 32.1. The van der Waals surface area contributed by atoms with Gasteiger partial charge in [-0.15, -0.1) is 0 Å². The lowest BCUT2D eigenvalue weighted by atomic mass is 10.5. The third-order valence-electron chi connectivity index (χ3n) is 1.00. The van der Waals surface area contributed by atoms with Crippen molar-refractivity contribution in [3.63, 3.8) is 0 Å². The number of hydrogen-bond acceptors (Lipinski definition) is 3. The topological polar surface area (TPSA) is 26.3 Å². The summed E-state index contributed by atoms with van der Waals surface area (Å²) in [6.45, 7) is 2.57. The quantitative estimate of drug-likeness (QED) is 0.625. The maximum Gasteiger partial charge on any atom is 0.174 e. The molecule has 0 amide bonds. The number of carbonyl (C=O) groups excluding carboxylic acids is 1. The zero-order valence-electron chi connectivity index (χ0n) is 5.66. The van der Waals surface area contributed by atoms with Gasteiger partial charge in [0, 0.05) is 0 Å².